The number of unbranched alkanes of at least 4 members (excludes halogenated alkanes) is 20. The van der Waals surface area contributed by atoms with E-state index in [0.717, 1.165) is 25.7 Å². The first-order chi connectivity index (χ1) is 15.5. The van der Waals surface area contributed by atoms with Gasteiger partial charge in [-0.1, -0.05) is 142 Å². The van der Waals surface area contributed by atoms with Crippen LogP contribution in [0.1, 0.15) is 168 Å². The Kier molecular flexibility index (Phi) is 37.7. The van der Waals surface area contributed by atoms with Crippen molar-refractivity contribution in [1.82, 2.24) is 0 Å². The molecule has 0 aromatic rings. The van der Waals surface area contributed by atoms with E-state index in [0.29, 0.717) is 12.8 Å². The molecular formula is C28H56FeO4. The second kappa shape index (κ2) is 33.6. The van der Waals surface area contributed by atoms with E-state index in [1.807, 2.05) is 0 Å². The minimum absolute atomic E-state index is 0. The van der Waals surface area contributed by atoms with Gasteiger partial charge < -0.3 is 10.2 Å². The summed E-state index contributed by atoms with van der Waals surface area (Å²) in [5.74, 6) is -1.31. The smallest absolute Gasteiger partial charge is 0.303 e. The van der Waals surface area contributed by atoms with Crippen LogP contribution in [0.3, 0.4) is 0 Å². The zero-order chi connectivity index (χ0) is 24.1. The maximum Gasteiger partial charge on any atom is 0.303 e. The first-order valence-electron chi connectivity index (χ1n) is 14.0. The Morgan fingerprint density at radius 2 is 0.576 bits per heavy atom. The normalized spacial score (nSPS) is 10.2. The van der Waals surface area contributed by atoms with Crippen LogP contribution in [0.5, 0.6) is 0 Å². The Bertz CT molecular complexity index is 352. The molecule has 0 saturated carbocycles. The average Bonchev–Trinajstić information content (AvgIpc) is 2.76. The molecule has 2 N–H and O–H groups in total. The van der Waals surface area contributed by atoms with Gasteiger partial charge in [-0.05, 0) is 12.8 Å². The minimum Gasteiger partial charge on any atom is -0.481 e. The van der Waals surface area contributed by atoms with Gasteiger partial charge in [0.25, 0.3) is 0 Å². The molecule has 0 amide bonds. The molecule has 0 bridgehead atoms. The zero-order valence-electron chi connectivity index (χ0n) is 22.0. The predicted octanol–water partition coefficient (Wildman–Crippen LogP) is 9.54. The first-order valence-corrected chi connectivity index (χ1v) is 14.0. The molecule has 0 atom stereocenters. The predicted molar refractivity (Wildman–Crippen MR) is 137 cm³/mol. The summed E-state index contributed by atoms with van der Waals surface area (Å²) in [7, 11) is 0. The van der Waals surface area contributed by atoms with Gasteiger partial charge in [0, 0.05) is 29.9 Å². The minimum atomic E-state index is -0.657. The molecule has 0 aromatic carbocycles. The van der Waals surface area contributed by atoms with Crippen molar-refractivity contribution in [3.05, 3.63) is 0 Å². The van der Waals surface area contributed by atoms with Crippen molar-refractivity contribution in [1.29, 1.82) is 0 Å². The van der Waals surface area contributed by atoms with Crippen LogP contribution < -0.4 is 0 Å². The summed E-state index contributed by atoms with van der Waals surface area (Å²) >= 11 is 0. The summed E-state index contributed by atoms with van der Waals surface area (Å²) in [6.07, 6.45) is 28.7. The van der Waals surface area contributed by atoms with E-state index in [9.17, 15) is 9.59 Å². The Labute approximate surface area is 216 Å². The largest absolute Gasteiger partial charge is 0.481 e. The molecule has 200 valence electrons. The van der Waals surface area contributed by atoms with Crippen LogP contribution in [0.15, 0.2) is 0 Å². The zero-order valence-corrected chi connectivity index (χ0v) is 23.1. The van der Waals surface area contributed by atoms with Crippen molar-refractivity contribution in [2.75, 3.05) is 0 Å². The Balaban J connectivity index is -0.000000529. The summed E-state index contributed by atoms with van der Waals surface area (Å²) < 4.78 is 0. The van der Waals surface area contributed by atoms with Gasteiger partial charge >= 0.3 is 11.9 Å². The number of carboxylic acid groups (broad SMARTS) is 2. The fourth-order valence-electron chi connectivity index (χ4n) is 3.88. The maximum absolute atomic E-state index is 10.3. The van der Waals surface area contributed by atoms with Gasteiger partial charge in [0.05, 0.1) is 0 Å². The van der Waals surface area contributed by atoms with Crippen molar-refractivity contribution in [3.63, 3.8) is 0 Å². The summed E-state index contributed by atoms with van der Waals surface area (Å²) in [6, 6.07) is 0. The summed E-state index contributed by atoms with van der Waals surface area (Å²) in [6.45, 7) is 4.49. The van der Waals surface area contributed by atoms with Gasteiger partial charge in [0.15, 0.2) is 0 Å². The van der Waals surface area contributed by atoms with Gasteiger partial charge in [-0.3, -0.25) is 9.59 Å². The average molecular weight is 513 g/mol. The number of aliphatic carboxylic acids is 2. The second-order valence-electron chi connectivity index (χ2n) is 9.36. The van der Waals surface area contributed by atoms with Crippen molar-refractivity contribution < 1.29 is 36.9 Å². The van der Waals surface area contributed by atoms with E-state index < -0.39 is 11.9 Å². The molecule has 0 radical (unpaired) electrons. The van der Waals surface area contributed by atoms with Gasteiger partial charge in [0.2, 0.25) is 0 Å². The molecule has 0 rings (SSSR count). The number of carbonyl (C=O) groups is 2. The Morgan fingerprint density at radius 3 is 0.758 bits per heavy atom. The summed E-state index contributed by atoms with van der Waals surface area (Å²) in [5.41, 5.74) is 0. The molecule has 0 aliphatic rings. The van der Waals surface area contributed by atoms with Crippen LogP contribution in [0, 0.1) is 0 Å². The van der Waals surface area contributed by atoms with Crippen LogP contribution in [0.25, 0.3) is 0 Å². The molecule has 33 heavy (non-hydrogen) atoms. The van der Waals surface area contributed by atoms with Crippen LogP contribution in [-0.2, 0) is 26.7 Å². The van der Waals surface area contributed by atoms with Gasteiger partial charge in [-0.2, -0.15) is 0 Å². The van der Waals surface area contributed by atoms with E-state index in [1.54, 1.807) is 0 Å². The fraction of sp³-hybridized carbons (Fsp3) is 0.929. The molecule has 0 fully saturated rings. The molecule has 0 heterocycles. The summed E-state index contributed by atoms with van der Waals surface area (Å²) in [4.78, 5) is 20.5. The van der Waals surface area contributed by atoms with Crippen LogP contribution in [0.4, 0.5) is 0 Å². The second-order valence-corrected chi connectivity index (χ2v) is 9.36. The topological polar surface area (TPSA) is 74.6 Å². The molecule has 0 spiro atoms. The number of rotatable bonds is 24. The van der Waals surface area contributed by atoms with Crippen LogP contribution in [-0.4, -0.2) is 22.2 Å². The summed E-state index contributed by atoms with van der Waals surface area (Å²) in [5, 5.41) is 16.9. The maximum atomic E-state index is 10.3. The van der Waals surface area contributed by atoms with Gasteiger partial charge in [-0.15, -0.1) is 0 Å². The molecule has 0 aliphatic heterocycles. The van der Waals surface area contributed by atoms with Crippen molar-refractivity contribution in [3.8, 4) is 0 Å². The molecular weight excluding hydrogens is 456 g/mol. The van der Waals surface area contributed by atoms with Gasteiger partial charge in [-0.25, -0.2) is 0 Å². The number of hydrogen-bond donors (Lipinski definition) is 2. The third-order valence-corrected chi connectivity index (χ3v) is 5.99. The van der Waals surface area contributed by atoms with Crippen LogP contribution in [0.2, 0.25) is 0 Å². The third kappa shape index (κ3) is 42.1. The standard InChI is InChI=1S/2C14H28O2.Fe/c2*1-2-3-4-5-6-7-8-9-10-11-12-13-14(15)16;/h2*2-13H2,1H3,(H,15,16);. The van der Waals surface area contributed by atoms with Crippen LogP contribution >= 0.6 is 0 Å². The Morgan fingerprint density at radius 1 is 0.394 bits per heavy atom. The number of carboxylic acids is 2. The molecule has 0 saturated heterocycles. The molecule has 0 unspecified atom stereocenters. The van der Waals surface area contributed by atoms with Crippen molar-refractivity contribution >= 4 is 11.9 Å². The van der Waals surface area contributed by atoms with Crippen molar-refractivity contribution in [2.24, 2.45) is 0 Å². The fourth-order valence-corrected chi connectivity index (χ4v) is 3.88. The van der Waals surface area contributed by atoms with E-state index in [-0.39, 0.29) is 17.1 Å². The first kappa shape index (κ1) is 37.0. The molecule has 5 heteroatoms. The van der Waals surface area contributed by atoms with Gasteiger partial charge in [0.1, 0.15) is 0 Å². The van der Waals surface area contributed by atoms with E-state index in [1.165, 1.54) is 116 Å². The quantitative estimate of drug-likeness (QED) is 0.0997. The number of hydrogen-bond acceptors (Lipinski definition) is 2. The molecule has 0 aromatic heterocycles. The van der Waals surface area contributed by atoms with Crippen molar-refractivity contribution in [2.45, 2.75) is 168 Å². The van der Waals surface area contributed by atoms with E-state index in [4.69, 9.17) is 10.2 Å². The SMILES string of the molecule is CCCCCCCCCCCCCC(=O)O.CCCCCCCCCCCCCC(=O)O.[Fe]. The third-order valence-electron chi connectivity index (χ3n) is 5.99. The molecule has 0 aliphatic carbocycles. The molecule has 4 nitrogen and oxygen atoms in total. The monoisotopic (exact) mass is 512 g/mol. The van der Waals surface area contributed by atoms with E-state index in [2.05, 4.69) is 13.8 Å². The Hall–Kier alpha value is -0.541. The van der Waals surface area contributed by atoms with E-state index >= 15 is 0 Å².